The minimum atomic E-state index is -1.33. The molecule has 0 bridgehead atoms. The summed E-state index contributed by atoms with van der Waals surface area (Å²) in [6, 6.07) is 0. The van der Waals surface area contributed by atoms with Crippen molar-refractivity contribution in [3.05, 3.63) is 0 Å². The molecule has 1 spiro atoms. The summed E-state index contributed by atoms with van der Waals surface area (Å²) in [7, 11) is 0. The van der Waals surface area contributed by atoms with Crippen molar-refractivity contribution in [2.24, 2.45) is 0 Å². The molecule has 4 nitrogen and oxygen atoms in total. The van der Waals surface area contributed by atoms with Gasteiger partial charge in [-0.25, -0.2) is 0 Å². The van der Waals surface area contributed by atoms with Gasteiger partial charge < -0.3 is 14.2 Å². The SMILES string of the molecule is ClC(Cl)C1COC2(OCCO2)O1. The highest BCUT2D eigenvalue weighted by molar-refractivity contribution is 6.44. The molecule has 0 aromatic carbocycles. The van der Waals surface area contributed by atoms with Crippen LogP contribution in [0.25, 0.3) is 0 Å². The summed E-state index contributed by atoms with van der Waals surface area (Å²) in [5.41, 5.74) is 0. The molecule has 2 aliphatic rings. The van der Waals surface area contributed by atoms with Gasteiger partial charge in [0.2, 0.25) is 0 Å². The van der Waals surface area contributed by atoms with Crippen molar-refractivity contribution in [1.82, 2.24) is 0 Å². The van der Waals surface area contributed by atoms with Crippen LogP contribution in [0.2, 0.25) is 0 Å². The van der Waals surface area contributed by atoms with Crippen LogP contribution >= 0.6 is 23.2 Å². The molecule has 1 atom stereocenters. The second-order valence-corrected chi connectivity index (χ2v) is 3.66. The van der Waals surface area contributed by atoms with Gasteiger partial charge in [-0.15, -0.1) is 23.2 Å². The normalized spacial score (nSPS) is 33.8. The number of alkyl halides is 2. The summed E-state index contributed by atoms with van der Waals surface area (Å²) >= 11 is 11.2. The van der Waals surface area contributed by atoms with Crippen LogP contribution in [0.3, 0.4) is 0 Å². The summed E-state index contributed by atoms with van der Waals surface area (Å²) in [6.45, 7) is 1.21. The fraction of sp³-hybridized carbons (Fsp3) is 1.00. The highest BCUT2D eigenvalue weighted by atomic mass is 35.5. The zero-order valence-corrected chi connectivity index (χ0v) is 7.68. The van der Waals surface area contributed by atoms with E-state index in [0.717, 1.165) is 0 Å². The van der Waals surface area contributed by atoms with E-state index in [0.29, 0.717) is 13.2 Å². The minimum Gasteiger partial charge on any atom is -0.301 e. The molecule has 0 amide bonds. The summed E-state index contributed by atoms with van der Waals surface area (Å²) < 4.78 is 20.6. The Bertz CT molecular complexity index is 169. The first kappa shape index (κ1) is 8.99. The van der Waals surface area contributed by atoms with Crippen molar-refractivity contribution in [3.8, 4) is 0 Å². The first-order chi connectivity index (χ1) is 5.72. The van der Waals surface area contributed by atoms with Crippen LogP contribution in [0.4, 0.5) is 0 Å². The Kier molecular flexibility index (Phi) is 2.46. The second kappa shape index (κ2) is 3.29. The molecule has 12 heavy (non-hydrogen) atoms. The molecular weight excluding hydrogens is 207 g/mol. The first-order valence-corrected chi connectivity index (χ1v) is 4.47. The molecule has 0 radical (unpaired) electrons. The van der Waals surface area contributed by atoms with Crippen molar-refractivity contribution < 1.29 is 18.9 Å². The van der Waals surface area contributed by atoms with Gasteiger partial charge in [-0.2, -0.15) is 0 Å². The quantitative estimate of drug-likeness (QED) is 0.608. The molecule has 0 N–H and O–H groups in total. The van der Waals surface area contributed by atoms with Crippen LogP contribution in [0.15, 0.2) is 0 Å². The second-order valence-electron chi connectivity index (χ2n) is 2.50. The largest absolute Gasteiger partial charge is 0.413 e. The van der Waals surface area contributed by atoms with Gasteiger partial charge in [0.05, 0.1) is 19.8 Å². The molecule has 0 saturated carbocycles. The topological polar surface area (TPSA) is 36.9 Å². The molecule has 2 saturated heterocycles. The Morgan fingerprint density at radius 2 is 1.83 bits per heavy atom. The molecule has 2 heterocycles. The maximum absolute atomic E-state index is 5.60. The maximum Gasteiger partial charge on any atom is 0.413 e. The van der Waals surface area contributed by atoms with E-state index in [2.05, 4.69) is 0 Å². The van der Waals surface area contributed by atoms with E-state index < -0.39 is 11.0 Å². The maximum atomic E-state index is 5.60. The van der Waals surface area contributed by atoms with Crippen molar-refractivity contribution in [2.45, 2.75) is 17.1 Å². The smallest absolute Gasteiger partial charge is 0.301 e. The minimum absolute atomic E-state index is 0.289. The first-order valence-electron chi connectivity index (χ1n) is 3.60. The van der Waals surface area contributed by atoms with E-state index in [1.807, 2.05) is 0 Å². The third kappa shape index (κ3) is 1.55. The summed E-state index contributed by atoms with van der Waals surface area (Å²) in [6.07, 6.45) is -1.71. The zero-order chi connectivity index (χ0) is 8.60. The summed E-state index contributed by atoms with van der Waals surface area (Å²) in [5.74, 6) is 0. The van der Waals surface area contributed by atoms with Crippen molar-refractivity contribution in [3.63, 3.8) is 0 Å². The molecule has 0 aliphatic carbocycles. The van der Waals surface area contributed by atoms with Crippen molar-refractivity contribution >= 4 is 23.2 Å². The molecule has 2 aliphatic heterocycles. The van der Waals surface area contributed by atoms with Crippen molar-refractivity contribution in [1.29, 1.82) is 0 Å². The Morgan fingerprint density at radius 3 is 2.33 bits per heavy atom. The van der Waals surface area contributed by atoms with Gasteiger partial charge >= 0.3 is 6.16 Å². The van der Waals surface area contributed by atoms with E-state index in [4.69, 9.17) is 42.1 Å². The Morgan fingerprint density at radius 1 is 1.17 bits per heavy atom. The van der Waals surface area contributed by atoms with Crippen LogP contribution in [0.5, 0.6) is 0 Å². The molecule has 0 aromatic rings. The predicted octanol–water partition coefficient (Wildman–Crippen LogP) is 0.864. The summed E-state index contributed by atoms with van der Waals surface area (Å²) in [4.78, 5) is -0.628. The lowest BCUT2D eigenvalue weighted by Crippen LogP contribution is -2.32. The standard InChI is InChI=1S/C6H8Cl2O4/c7-5(8)4-3-11-6(12-4)9-1-2-10-6/h4-5H,1-3H2. The van der Waals surface area contributed by atoms with Crippen LogP contribution in [-0.2, 0) is 18.9 Å². The van der Waals surface area contributed by atoms with E-state index in [1.54, 1.807) is 0 Å². The lowest BCUT2D eigenvalue weighted by atomic mass is 10.4. The predicted molar refractivity (Wildman–Crippen MR) is 41.0 cm³/mol. The van der Waals surface area contributed by atoms with Gasteiger partial charge in [-0.1, -0.05) is 0 Å². The lowest BCUT2D eigenvalue weighted by Gasteiger charge is -2.18. The van der Waals surface area contributed by atoms with Crippen LogP contribution in [0, 0.1) is 0 Å². The van der Waals surface area contributed by atoms with E-state index in [1.165, 1.54) is 0 Å². The van der Waals surface area contributed by atoms with Gasteiger partial charge in [-0.05, 0) is 0 Å². The Labute approximate surface area is 79.6 Å². The van der Waals surface area contributed by atoms with Crippen LogP contribution < -0.4 is 0 Å². The molecule has 70 valence electrons. The average Bonchev–Trinajstić information content (AvgIpc) is 2.62. The van der Waals surface area contributed by atoms with Gasteiger partial charge in [0.15, 0.2) is 0 Å². The van der Waals surface area contributed by atoms with E-state index in [-0.39, 0.29) is 12.7 Å². The molecular formula is C6H8Cl2O4. The zero-order valence-electron chi connectivity index (χ0n) is 6.16. The van der Waals surface area contributed by atoms with Gasteiger partial charge in [0, 0.05) is 0 Å². The van der Waals surface area contributed by atoms with Crippen molar-refractivity contribution in [2.75, 3.05) is 19.8 Å². The van der Waals surface area contributed by atoms with Crippen LogP contribution in [-0.4, -0.2) is 36.9 Å². The third-order valence-electron chi connectivity index (χ3n) is 1.64. The number of ether oxygens (including phenoxy) is 4. The number of hydrogen-bond acceptors (Lipinski definition) is 4. The number of rotatable bonds is 1. The third-order valence-corrected chi connectivity index (χ3v) is 2.20. The fourth-order valence-corrected chi connectivity index (χ4v) is 1.34. The average molecular weight is 215 g/mol. The fourth-order valence-electron chi connectivity index (χ4n) is 1.09. The van der Waals surface area contributed by atoms with E-state index in [9.17, 15) is 0 Å². The molecule has 1 unspecified atom stereocenters. The number of hydrogen-bond donors (Lipinski definition) is 0. The van der Waals surface area contributed by atoms with Gasteiger partial charge in [0.1, 0.15) is 10.9 Å². The number of halogens is 2. The Hall–Kier alpha value is 0.420. The highest BCUT2D eigenvalue weighted by Gasteiger charge is 2.49. The molecule has 0 aromatic heterocycles. The molecule has 2 fully saturated rings. The van der Waals surface area contributed by atoms with Crippen LogP contribution in [0.1, 0.15) is 0 Å². The van der Waals surface area contributed by atoms with E-state index >= 15 is 0 Å². The van der Waals surface area contributed by atoms with Gasteiger partial charge in [0.25, 0.3) is 0 Å². The van der Waals surface area contributed by atoms with Gasteiger partial charge in [-0.3, -0.25) is 4.74 Å². The molecule has 6 heteroatoms. The highest BCUT2D eigenvalue weighted by Crippen LogP contribution is 2.33. The summed E-state index contributed by atoms with van der Waals surface area (Å²) in [5, 5.41) is 0. The molecule has 2 rings (SSSR count). The lowest BCUT2D eigenvalue weighted by molar-refractivity contribution is -0.426. The Balaban J connectivity index is 1.96. The monoisotopic (exact) mass is 214 g/mol.